The Bertz CT molecular complexity index is 508. The van der Waals surface area contributed by atoms with Crippen molar-refractivity contribution in [2.45, 2.75) is 83.3 Å². The molecule has 8 atom stereocenters. The van der Waals surface area contributed by atoms with Gasteiger partial charge in [-0.2, -0.15) is 0 Å². The van der Waals surface area contributed by atoms with Gasteiger partial charge in [0.05, 0.1) is 18.3 Å². The van der Waals surface area contributed by atoms with Crippen LogP contribution in [0.25, 0.3) is 0 Å². The Hall–Kier alpha value is -0.120. The number of methoxy groups -OCH3 is 2. The van der Waals surface area contributed by atoms with E-state index in [1.54, 1.807) is 7.11 Å². The summed E-state index contributed by atoms with van der Waals surface area (Å²) >= 11 is 0. The van der Waals surface area contributed by atoms with Crippen LogP contribution in [-0.4, -0.2) is 37.6 Å². The van der Waals surface area contributed by atoms with Gasteiger partial charge >= 0.3 is 0 Å². The second-order valence-corrected chi connectivity index (χ2v) is 10.4. The third-order valence-corrected chi connectivity index (χ3v) is 9.43. The molecule has 0 radical (unpaired) electrons. The first-order chi connectivity index (χ1) is 11.9. The summed E-state index contributed by atoms with van der Waals surface area (Å²) in [4.78, 5) is 0. The Morgan fingerprint density at radius 2 is 1.64 bits per heavy atom. The van der Waals surface area contributed by atoms with E-state index in [0.717, 1.165) is 30.6 Å². The van der Waals surface area contributed by atoms with Crippen molar-refractivity contribution >= 4 is 0 Å². The zero-order chi connectivity index (χ0) is 17.9. The van der Waals surface area contributed by atoms with Crippen LogP contribution in [0.15, 0.2) is 0 Å². The molecule has 0 aliphatic heterocycles. The lowest BCUT2D eigenvalue weighted by Gasteiger charge is -2.62. The van der Waals surface area contributed by atoms with Crippen molar-refractivity contribution in [3.8, 4) is 0 Å². The molecule has 144 valence electrons. The van der Waals surface area contributed by atoms with Gasteiger partial charge in [-0.3, -0.25) is 0 Å². The molecule has 25 heavy (non-hydrogen) atoms. The van der Waals surface area contributed by atoms with Crippen LogP contribution < -0.4 is 0 Å². The lowest BCUT2D eigenvalue weighted by molar-refractivity contribution is -0.167. The zero-order valence-corrected chi connectivity index (χ0v) is 16.7. The Balaban J connectivity index is 1.56. The molecule has 4 saturated carbocycles. The first kappa shape index (κ1) is 18.3. The Kier molecular flexibility index (Phi) is 4.53. The maximum atomic E-state index is 10.9. The van der Waals surface area contributed by atoms with E-state index in [0.29, 0.717) is 29.5 Å². The standard InChI is InChI=1S/C22H38O3/c1-20-11-12-22(23,14-24-3)13-15(20)5-6-16-17-7-8-19(25-4)21(17,2)10-9-18(16)20/h15-19,23H,5-14H2,1-4H3/t15?,16-,17-,18+,19?,20-,21-,22?/m0/s1. The molecule has 1 N–H and O–H groups in total. The fourth-order valence-electron chi connectivity index (χ4n) is 8.06. The van der Waals surface area contributed by atoms with Gasteiger partial charge in [0.1, 0.15) is 0 Å². The SMILES string of the molecule is COCC1(O)CC[C@@]2(C)C(CC[C@@H]3[C@H]2CC[C@]2(C)C(OC)CC[C@@H]32)C1. The van der Waals surface area contributed by atoms with Crippen molar-refractivity contribution in [1.29, 1.82) is 0 Å². The molecule has 3 nitrogen and oxygen atoms in total. The molecule has 0 saturated heterocycles. The minimum atomic E-state index is -0.580. The monoisotopic (exact) mass is 350 g/mol. The quantitative estimate of drug-likeness (QED) is 0.819. The average molecular weight is 351 g/mol. The average Bonchev–Trinajstić information content (AvgIpc) is 2.92. The Labute approximate surface area is 153 Å². The predicted octanol–water partition coefficient (Wildman–Crippen LogP) is 4.42. The number of fused-ring (bicyclic) bond motifs is 5. The molecular weight excluding hydrogens is 312 g/mol. The number of ether oxygens (including phenoxy) is 2. The maximum absolute atomic E-state index is 10.9. The summed E-state index contributed by atoms with van der Waals surface area (Å²) in [6.07, 6.45) is 11.5. The fraction of sp³-hybridized carbons (Fsp3) is 1.00. The molecule has 0 aromatic rings. The van der Waals surface area contributed by atoms with Gasteiger partial charge in [-0.1, -0.05) is 13.8 Å². The summed E-state index contributed by atoms with van der Waals surface area (Å²) in [6, 6.07) is 0. The van der Waals surface area contributed by atoms with Crippen LogP contribution in [0.3, 0.4) is 0 Å². The van der Waals surface area contributed by atoms with Crippen LogP contribution in [0.1, 0.15) is 71.6 Å². The van der Waals surface area contributed by atoms with Gasteiger partial charge in [0.25, 0.3) is 0 Å². The van der Waals surface area contributed by atoms with Crippen LogP contribution in [0.4, 0.5) is 0 Å². The van der Waals surface area contributed by atoms with Crippen LogP contribution in [0, 0.1) is 34.5 Å². The van der Waals surface area contributed by atoms with E-state index in [4.69, 9.17) is 9.47 Å². The van der Waals surface area contributed by atoms with Crippen LogP contribution in [0.5, 0.6) is 0 Å². The molecule has 4 rings (SSSR count). The highest BCUT2D eigenvalue weighted by molar-refractivity contribution is 5.10. The topological polar surface area (TPSA) is 38.7 Å². The zero-order valence-electron chi connectivity index (χ0n) is 16.7. The maximum Gasteiger partial charge on any atom is 0.0883 e. The lowest BCUT2D eigenvalue weighted by atomic mass is 9.44. The minimum absolute atomic E-state index is 0.407. The molecule has 0 bridgehead atoms. The summed E-state index contributed by atoms with van der Waals surface area (Å²) in [7, 11) is 3.64. The lowest BCUT2D eigenvalue weighted by Crippen LogP contribution is -2.57. The molecule has 4 aliphatic carbocycles. The summed E-state index contributed by atoms with van der Waals surface area (Å²) in [6.45, 7) is 5.58. The molecule has 0 aromatic heterocycles. The third kappa shape index (κ3) is 2.63. The summed E-state index contributed by atoms with van der Waals surface area (Å²) < 4.78 is 11.2. The van der Waals surface area contributed by atoms with E-state index in [2.05, 4.69) is 13.8 Å². The highest BCUT2D eigenvalue weighted by Crippen LogP contribution is 2.67. The Morgan fingerprint density at radius 3 is 2.36 bits per heavy atom. The molecule has 0 spiro atoms. The normalized spacial score (nSPS) is 55.3. The van der Waals surface area contributed by atoms with Crippen molar-refractivity contribution in [2.24, 2.45) is 34.5 Å². The summed E-state index contributed by atoms with van der Waals surface area (Å²) in [5, 5.41) is 10.9. The van der Waals surface area contributed by atoms with E-state index in [9.17, 15) is 5.11 Å². The minimum Gasteiger partial charge on any atom is -0.387 e. The van der Waals surface area contributed by atoms with Crippen LogP contribution in [-0.2, 0) is 9.47 Å². The van der Waals surface area contributed by atoms with Crippen molar-refractivity contribution in [3.63, 3.8) is 0 Å². The molecular formula is C22H38O3. The third-order valence-electron chi connectivity index (χ3n) is 9.43. The van der Waals surface area contributed by atoms with Gasteiger partial charge in [0, 0.05) is 14.2 Å². The molecule has 4 aliphatic rings. The van der Waals surface area contributed by atoms with Gasteiger partial charge < -0.3 is 14.6 Å². The van der Waals surface area contributed by atoms with E-state index in [1.165, 1.54) is 44.9 Å². The van der Waals surface area contributed by atoms with Gasteiger partial charge in [-0.15, -0.1) is 0 Å². The second kappa shape index (κ2) is 6.21. The molecule has 3 heteroatoms. The smallest absolute Gasteiger partial charge is 0.0883 e. The first-order valence-electron chi connectivity index (χ1n) is 10.6. The van der Waals surface area contributed by atoms with E-state index >= 15 is 0 Å². The van der Waals surface area contributed by atoms with E-state index in [1.807, 2.05) is 7.11 Å². The summed E-state index contributed by atoms with van der Waals surface area (Å²) in [5.41, 5.74) is 0.253. The van der Waals surface area contributed by atoms with Gasteiger partial charge in [0.2, 0.25) is 0 Å². The molecule has 0 aromatic carbocycles. The number of rotatable bonds is 3. The molecule has 0 amide bonds. The van der Waals surface area contributed by atoms with Crippen molar-refractivity contribution in [3.05, 3.63) is 0 Å². The summed E-state index contributed by atoms with van der Waals surface area (Å²) in [5.74, 6) is 3.26. The predicted molar refractivity (Wildman–Crippen MR) is 99.3 cm³/mol. The second-order valence-electron chi connectivity index (χ2n) is 10.4. The van der Waals surface area contributed by atoms with Crippen molar-refractivity contribution in [1.82, 2.24) is 0 Å². The fourth-order valence-corrected chi connectivity index (χ4v) is 8.06. The molecule has 4 fully saturated rings. The highest BCUT2D eigenvalue weighted by Gasteiger charge is 2.61. The van der Waals surface area contributed by atoms with Gasteiger partial charge in [-0.05, 0) is 92.3 Å². The van der Waals surface area contributed by atoms with Gasteiger partial charge in [0.15, 0.2) is 0 Å². The van der Waals surface area contributed by atoms with Crippen LogP contribution >= 0.6 is 0 Å². The Morgan fingerprint density at radius 1 is 0.880 bits per heavy atom. The van der Waals surface area contributed by atoms with E-state index in [-0.39, 0.29) is 0 Å². The highest BCUT2D eigenvalue weighted by atomic mass is 16.5. The van der Waals surface area contributed by atoms with Crippen molar-refractivity contribution < 1.29 is 14.6 Å². The van der Waals surface area contributed by atoms with E-state index < -0.39 is 5.60 Å². The van der Waals surface area contributed by atoms with Crippen molar-refractivity contribution in [2.75, 3.05) is 20.8 Å². The van der Waals surface area contributed by atoms with Crippen LogP contribution in [0.2, 0.25) is 0 Å². The number of hydrogen-bond donors (Lipinski definition) is 1. The largest absolute Gasteiger partial charge is 0.387 e. The first-order valence-corrected chi connectivity index (χ1v) is 10.6. The molecule has 3 unspecified atom stereocenters. The number of hydrogen-bond acceptors (Lipinski definition) is 3. The van der Waals surface area contributed by atoms with Gasteiger partial charge in [-0.25, -0.2) is 0 Å². The molecule has 0 heterocycles. The number of aliphatic hydroxyl groups is 1.